The Morgan fingerprint density at radius 1 is 1.30 bits per heavy atom. The Labute approximate surface area is 190 Å². The van der Waals surface area contributed by atoms with E-state index in [1.165, 1.54) is 12.1 Å². The molecule has 33 heavy (non-hydrogen) atoms. The lowest BCUT2D eigenvalue weighted by Gasteiger charge is -2.61. The Bertz CT molecular complexity index is 1230. The number of rotatable bonds is 3. The summed E-state index contributed by atoms with van der Waals surface area (Å²) >= 11 is 5.74. The van der Waals surface area contributed by atoms with Crippen LogP contribution >= 0.6 is 11.6 Å². The summed E-state index contributed by atoms with van der Waals surface area (Å²) in [5.74, 6) is 1.13. The van der Waals surface area contributed by atoms with Crippen LogP contribution in [0.5, 0.6) is 0 Å². The molecule has 1 saturated carbocycles. The zero-order valence-corrected chi connectivity index (χ0v) is 18.4. The Morgan fingerprint density at radius 3 is 2.73 bits per heavy atom. The predicted molar refractivity (Wildman–Crippen MR) is 110 cm³/mol. The number of amides is 2. The molecule has 1 aliphatic heterocycles. The van der Waals surface area contributed by atoms with Gasteiger partial charge in [0.1, 0.15) is 5.54 Å². The normalized spacial score (nSPS) is 24.5. The highest BCUT2D eigenvalue weighted by atomic mass is 35.5. The molecule has 0 spiro atoms. The number of likely N-dealkylation sites (tertiary alicyclic amines) is 1. The number of nitrogens with one attached hydrogen (secondary N) is 1. The zero-order valence-electron chi connectivity index (χ0n) is 17.6. The average Bonchev–Trinajstić information content (AvgIpc) is 3.35. The van der Waals surface area contributed by atoms with Gasteiger partial charge in [-0.05, 0) is 37.0 Å². The van der Waals surface area contributed by atoms with Gasteiger partial charge in [-0.2, -0.15) is 18.3 Å². The number of nitrogens with zero attached hydrogens (tertiary/aromatic N) is 6. The minimum atomic E-state index is -4.65. The van der Waals surface area contributed by atoms with E-state index in [9.17, 15) is 18.0 Å². The Balaban J connectivity index is 1.46. The fourth-order valence-corrected chi connectivity index (χ4v) is 5.11. The third kappa shape index (κ3) is 3.62. The summed E-state index contributed by atoms with van der Waals surface area (Å²) in [6, 6.07) is 2.75. The average molecular weight is 482 g/mol. The predicted octanol–water partition coefficient (Wildman–Crippen LogP) is 4.56. The lowest BCUT2D eigenvalue weighted by Crippen LogP contribution is -2.70. The van der Waals surface area contributed by atoms with E-state index in [4.69, 9.17) is 16.0 Å². The number of piperidine rings is 1. The molecule has 3 heterocycles. The van der Waals surface area contributed by atoms with Crippen LogP contribution in [0.1, 0.15) is 43.5 Å². The van der Waals surface area contributed by atoms with Gasteiger partial charge in [0.25, 0.3) is 0 Å². The summed E-state index contributed by atoms with van der Waals surface area (Å²) in [4.78, 5) is 15.7. The fourth-order valence-electron chi connectivity index (χ4n) is 4.99. The summed E-state index contributed by atoms with van der Waals surface area (Å²) < 4.78 is 46.3. The molecule has 9 nitrogen and oxygen atoms in total. The van der Waals surface area contributed by atoms with Crippen molar-refractivity contribution in [3.05, 3.63) is 46.9 Å². The first-order valence-electron chi connectivity index (χ1n) is 10.3. The maximum Gasteiger partial charge on any atom is 0.418 e. The second-order valence-corrected chi connectivity index (χ2v) is 8.93. The molecule has 174 valence electrons. The molecule has 2 aliphatic rings. The number of halogens is 4. The lowest BCUT2D eigenvalue weighted by atomic mass is 9.64. The van der Waals surface area contributed by atoms with Gasteiger partial charge in [0.05, 0.1) is 17.4 Å². The molecule has 2 fully saturated rings. The largest absolute Gasteiger partial charge is 0.423 e. The van der Waals surface area contributed by atoms with Crippen molar-refractivity contribution < 1.29 is 22.4 Å². The van der Waals surface area contributed by atoms with E-state index in [0.717, 1.165) is 23.5 Å². The number of carbonyl (C=O) groups excluding carboxylic acids is 1. The van der Waals surface area contributed by atoms with Gasteiger partial charge in [0.15, 0.2) is 5.15 Å². The van der Waals surface area contributed by atoms with Crippen LogP contribution in [-0.2, 0) is 11.7 Å². The highest BCUT2D eigenvalue weighted by Gasteiger charge is 2.62. The first-order valence-corrected chi connectivity index (χ1v) is 10.6. The molecule has 3 aromatic rings. The monoisotopic (exact) mass is 481 g/mol. The number of hydrogen-bond acceptors (Lipinski definition) is 6. The summed E-state index contributed by atoms with van der Waals surface area (Å²) in [6.07, 6.45) is -1.35. The third-order valence-corrected chi connectivity index (χ3v) is 6.31. The highest BCUT2D eigenvalue weighted by molar-refractivity contribution is 6.29. The van der Waals surface area contributed by atoms with Crippen molar-refractivity contribution in [1.82, 2.24) is 30.1 Å². The van der Waals surface area contributed by atoms with E-state index in [-0.39, 0.29) is 22.6 Å². The van der Waals surface area contributed by atoms with Crippen molar-refractivity contribution in [3.8, 4) is 5.69 Å². The van der Waals surface area contributed by atoms with Crippen LogP contribution in [0.3, 0.4) is 0 Å². The summed E-state index contributed by atoms with van der Waals surface area (Å²) in [5.41, 5.74) is -1.88. The lowest BCUT2D eigenvalue weighted by molar-refractivity contribution is -0.137. The molecule has 2 bridgehead atoms. The topological polar surface area (TPSA) is 102 Å². The standard InChI is InChI=1S/C20H19ClF3N7O2/c1-10-5-13-8-19(7-10,17-28-27-11(2)33-17)30(13)18(32)26-12-3-4-14(20(22,23)24)15(6-12)31-25-9-16(21)29-31/h3-4,6,9-10,13H,5,7-8H2,1-2H3,(H,26,32)/t10-,13-,19+/m0/s1. The first kappa shape index (κ1) is 21.7. The minimum Gasteiger partial charge on any atom is -0.423 e. The van der Waals surface area contributed by atoms with E-state index >= 15 is 0 Å². The molecule has 0 unspecified atom stereocenters. The quantitative estimate of drug-likeness (QED) is 0.588. The van der Waals surface area contributed by atoms with Crippen molar-refractivity contribution in [1.29, 1.82) is 0 Å². The number of anilines is 1. The van der Waals surface area contributed by atoms with Crippen molar-refractivity contribution in [2.75, 3.05) is 5.32 Å². The second kappa shape index (κ2) is 7.44. The Morgan fingerprint density at radius 2 is 2.09 bits per heavy atom. The molecule has 0 radical (unpaired) electrons. The number of aromatic nitrogens is 5. The van der Waals surface area contributed by atoms with Crippen molar-refractivity contribution in [2.24, 2.45) is 5.92 Å². The Kier molecular flexibility index (Phi) is 4.89. The summed E-state index contributed by atoms with van der Waals surface area (Å²) in [7, 11) is 0. The molecule has 1 aromatic carbocycles. The van der Waals surface area contributed by atoms with E-state index in [1.54, 1.807) is 11.8 Å². The molecule has 2 amide bonds. The molecule has 2 aromatic heterocycles. The van der Waals surface area contributed by atoms with Gasteiger partial charge >= 0.3 is 12.2 Å². The van der Waals surface area contributed by atoms with Gasteiger partial charge in [-0.1, -0.05) is 18.5 Å². The van der Waals surface area contributed by atoms with Gasteiger partial charge in [0.2, 0.25) is 11.8 Å². The Hall–Kier alpha value is -3.15. The SMILES string of the molecule is Cc1nnc([C@@]23C[C@@H](C)C[C@@H](C2)N3C(=O)Nc2ccc(C(F)(F)F)c(-n3ncc(Cl)n3)c2)o1. The first-order chi connectivity index (χ1) is 15.6. The molecular formula is C20H19ClF3N7O2. The van der Waals surface area contributed by atoms with Gasteiger partial charge < -0.3 is 14.6 Å². The van der Waals surface area contributed by atoms with Crippen molar-refractivity contribution >= 4 is 23.3 Å². The molecular weight excluding hydrogens is 463 g/mol. The van der Waals surface area contributed by atoms with Crippen LogP contribution in [0.15, 0.2) is 28.8 Å². The third-order valence-electron chi connectivity index (χ3n) is 6.14. The fraction of sp³-hybridized carbons (Fsp3) is 0.450. The van der Waals surface area contributed by atoms with Crippen LogP contribution in [0, 0.1) is 12.8 Å². The van der Waals surface area contributed by atoms with E-state index in [2.05, 4.69) is 32.6 Å². The van der Waals surface area contributed by atoms with Gasteiger partial charge in [-0.3, -0.25) is 0 Å². The molecule has 13 heteroatoms. The molecule has 1 N–H and O–H groups in total. The van der Waals surface area contributed by atoms with Gasteiger partial charge in [-0.25, -0.2) is 4.79 Å². The summed E-state index contributed by atoms with van der Waals surface area (Å²) in [6.45, 7) is 3.78. The molecule has 1 aliphatic carbocycles. The minimum absolute atomic E-state index is 0.0264. The number of urea groups is 1. The number of aryl methyl sites for hydroxylation is 1. The van der Waals surface area contributed by atoms with Crippen molar-refractivity contribution in [3.63, 3.8) is 0 Å². The van der Waals surface area contributed by atoms with Crippen LogP contribution in [0.25, 0.3) is 5.69 Å². The molecule has 5 rings (SSSR count). The van der Waals surface area contributed by atoms with Crippen LogP contribution in [0.2, 0.25) is 5.15 Å². The van der Waals surface area contributed by atoms with Crippen LogP contribution < -0.4 is 5.32 Å². The van der Waals surface area contributed by atoms with Crippen LogP contribution in [0.4, 0.5) is 23.7 Å². The van der Waals surface area contributed by atoms with Gasteiger partial charge in [-0.15, -0.1) is 20.1 Å². The number of alkyl halides is 3. The molecule has 3 atom stereocenters. The van der Waals surface area contributed by atoms with Crippen molar-refractivity contribution in [2.45, 2.75) is 50.9 Å². The van der Waals surface area contributed by atoms with E-state index in [0.29, 0.717) is 30.5 Å². The van der Waals surface area contributed by atoms with E-state index < -0.39 is 23.3 Å². The number of carbonyl (C=O) groups is 1. The zero-order chi connectivity index (χ0) is 23.5. The smallest absolute Gasteiger partial charge is 0.418 e. The summed E-state index contributed by atoms with van der Waals surface area (Å²) in [5, 5.41) is 18.3. The number of benzene rings is 1. The van der Waals surface area contributed by atoms with Crippen LogP contribution in [-0.4, -0.2) is 42.2 Å². The van der Waals surface area contributed by atoms with Gasteiger partial charge in [0, 0.05) is 25.1 Å². The van der Waals surface area contributed by atoms with E-state index in [1.807, 2.05) is 0 Å². The highest BCUT2D eigenvalue weighted by Crippen LogP contribution is 2.55. The maximum absolute atomic E-state index is 13.5. The maximum atomic E-state index is 13.5. The number of hydrogen-bond donors (Lipinski definition) is 1. The number of fused-ring (bicyclic) bond motifs is 2. The molecule has 1 saturated heterocycles. The second-order valence-electron chi connectivity index (χ2n) is 8.55.